The highest BCUT2D eigenvalue weighted by molar-refractivity contribution is 7.99. The highest BCUT2D eigenvalue weighted by atomic mass is 32.2. The van der Waals surface area contributed by atoms with E-state index in [1.54, 1.807) is 39.3 Å². The number of thiazole rings is 1. The molecule has 0 fully saturated rings. The molecular weight excluding hydrogens is 378 g/mol. The summed E-state index contributed by atoms with van der Waals surface area (Å²) in [6.45, 7) is 9.95. The first-order chi connectivity index (χ1) is 11.9. The Kier molecular flexibility index (Phi) is 7.45. The molecule has 0 aliphatic heterocycles. The summed E-state index contributed by atoms with van der Waals surface area (Å²) in [5.41, 5.74) is 3.19. The Morgan fingerprint density at radius 1 is 1.31 bits per heavy atom. The van der Waals surface area contributed by atoms with Gasteiger partial charge in [-0.25, -0.2) is 14.6 Å². The molecule has 0 bridgehead atoms. The van der Waals surface area contributed by atoms with Crippen molar-refractivity contribution in [2.45, 2.75) is 58.2 Å². The Labute approximate surface area is 161 Å². The fourth-order valence-electron chi connectivity index (χ4n) is 1.44. The van der Waals surface area contributed by atoms with Crippen molar-refractivity contribution in [1.82, 2.24) is 4.98 Å². The van der Waals surface area contributed by atoms with Crippen molar-refractivity contribution in [2.24, 2.45) is 5.16 Å². The summed E-state index contributed by atoms with van der Waals surface area (Å²) in [5, 5.41) is 5.66. The third kappa shape index (κ3) is 6.83. The number of hydrogen-bond donors (Lipinski definition) is 1. The van der Waals surface area contributed by atoms with Crippen molar-refractivity contribution in [3.63, 3.8) is 0 Å². The summed E-state index contributed by atoms with van der Waals surface area (Å²) < 4.78 is 10.6. The minimum Gasteiger partial charge on any atom is -0.457 e. The molecule has 146 valence electrons. The fourth-order valence-corrected chi connectivity index (χ4v) is 2.17. The molecule has 1 unspecified atom stereocenters. The van der Waals surface area contributed by atoms with Gasteiger partial charge in [-0.05, 0) is 47.8 Å². The lowest BCUT2D eigenvalue weighted by Gasteiger charge is -2.26. The lowest BCUT2D eigenvalue weighted by molar-refractivity contribution is -0.179. The zero-order valence-corrected chi connectivity index (χ0v) is 17.6. The second-order valence-corrected chi connectivity index (χ2v) is 8.85. The third-order valence-corrected chi connectivity index (χ3v) is 4.25. The lowest BCUT2D eigenvalue weighted by Crippen LogP contribution is -2.40. The van der Waals surface area contributed by atoms with Gasteiger partial charge in [-0.2, -0.15) is 0 Å². The molecule has 0 saturated heterocycles. The number of nitrogen functional groups attached to an aromatic ring is 1. The average molecular weight is 404 g/mol. The minimum atomic E-state index is -1.41. The van der Waals surface area contributed by atoms with Crippen LogP contribution in [0.4, 0.5) is 5.13 Å². The third-order valence-electron chi connectivity index (χ3n) is 2.82. The van der Waals surface area contributed by atoms with Crippen LogP contribution in [0.3, 0.4) is 0 Å². The molecule has 0 amide bonds. The van der Waals surface area contributed by atoms with Gasteiger partial charge in [-0.1, -0.05) is 5.16 Å². The summed E-state index contributed by atoms with van der Waals surface area (Å²) in [7, 11) is 0. The van der Waals surface area contributed by atoms with E-state index in [-0.39, 0.29) is 22.0 Å². The zero-order valence-electron chi connectivity index (χ0n) is 16.0. The van der Waals surface area contributed by atoms with E-state index in [1.807, 2.05) is 0 Å². The SMILES string of the molecule is CSC(C)OC(=O)C(=NOC(C)(C)C(=O)OC(C)(C)C)c1csc(N)n1. The van der Waals surface area contributed by atoms with Crippen molar-refractivity contribution < 1.29 is 23.9 Å². The number of hydrogen-bond acceptors (Lipinski definition) is 10. The van der Waals surface area contributed by atoms with Gasteiger partial charge in [0.25, 0.3) is 0 Å². The molecule has 0 radical (unpaired) electrons. The molecule has 1 atom stereocenters. The van der Waals surface area contributed by atoms with Gasteiger partial charge in [-0.3, -0.25) is 0 Å². The predicted octanol–water partition coefficient (Wildman–Crippen LogP) is 2.82. The van der Waals surface area contributed by atoms with E-state index in [2.05, 4.69) is 10.1 Å². The molecule has 1 rings (SSSR count). The van der Waals surface area contributed by atoms with Crippen molar-refractivity contribution >= 4 is 45.9 Å². The number of anilines is 1. The molecule has 10 heteroatoms. The average Bonchev–Trinajstić information content (AvgIpc) is 2.91. The highest BCUT2D eigenvalue weighted by Crippen LogP contribution is 2.20. The molecule has 0 saturated carbocycles. The first-order valence-corrected chi connectivity index (χ1v) is 9.97. The van der Waals surface area contributed by atoms with Crippen LogP contribution in [0.25, 0.3) is 0 Å². The van der Waals surface area contributed by atoms with Crippen LogP contribution in [0.1, 0.15) is 47.2 Å². The number of oxime groups is 1. The van der Waals surface area contributed by atoms with Crippen molar-refractivity contribution in [2.75, 3.05) is 12.0 Å². The van der Waals surface area contributed by atoms with Crippen LogP contribution in [0.15, 0.2) is 10.5 Å². The molecule has 1 heterocycles. The maximum Gasteiger partial charge on any atom is 0.363 e. The van der Waals surface area contributed by atoms with Gasteiger partial charge >= 0.3 is 11.9 Å². The Morgan fingerprint density at radius 3 is 2.38 bits per heavy atom. The number of nitrogens with zero attached hydrogens (tertiary/aromatic N) is 2. The van der Waals surface area contributed by atoms with Gasteiger partial charge < -0.3 is 20.0 Å². The summed E-state index contributed by atoms with van der Waals surface area (Å²) in [4.78, 5) is 34.0. The predicted molar refractivity (Wildman–Crippen MR) is 103 cm³/mol. The number of carbonyl (C=O) groups is 2. The maximum atomic E-state index is 12.4. The molecule has 1 aromatic heterocycles. The van der Waals surface area contributed by atoms with E-state index >= 15 is 0 Å². The van der Waals surface area contributed by atoms with E-state index in [0.717, 1.165) is 11.3 Å². The number of rotatable bonds is 7. The topological polar surface area (TPSA) is 113 Å². The smallest absolute Gasteiger partial charge is 0.363 e. The van der Waals surface area contributed by atoms with Crippen LogP contribution in [0, 0.1) is 0 Å². The number of nitrogens with two attached hydrogens (primary N) is 1. The Morgan fingerprint density at radius 2 is 1.92 bits per heavy atom. The van der Waals surface area contributed by atoms with Gasteiger partial charge in [0.2, 0.25) is 11.3 Å². The first-order valence-electron chi connectivity index (χ1n) is 7.80. The van der Waals surface area contributed by atoms with Crippen LogP contribution in [-0.2, 0) is 23.9 Å². The van der Waals surface area contributed by atoms with Gasteiger partial charge in [0.05, 0.1) is 0 Å². The van der Waals surface area contributed by atoms with Crippen LogP contribution in [0.2, 0.25) is 0 Å². The molecule has 0 aromatic carbocycles. The van der Waals surface area contributed by atoms with Gasteiger partial charge in [0, 0.05) is 5.38 Å². The number of esters is 2. The first kappa shape index (κ1) is 22.2. The molecule has 0 aliphatic rings. The van der Waals surface area contributed by atoms with Crippen molar-refractivity contribution in [3.05, 3.63) is 11.1 Å². The molecular formula is C16H25N3O5S2. The number of ether oxygens (including phenoxy) is 2. The Hall–Kier alpha value is -1.81. The Bertz CT molecular complexity index is 680. The van der Waals surface area contributed by atoms with Crippen LogP contribution >= 0.6 is 23.1 Å². The standard InChI is InChI=1S/C16H25N3O5S2/c1-9(25-7)22-12(20)11(10-8-26-14(17)18-10)19-24-16(5,6)13(21)23-15(2,3)4/h8-9H,1-7H3,(H2,17,18). The summed E-state index contributed by atoms with van der Waals surface area (Å²) in [6.07, 6.45) is 1.80. The molecule has 2 N–H and O–H groups in total. The lowest BCUT2D eigenvalue weighted by atomic mass is 10.1. The minimum absolute atomic E-state index is 0.171. The second kappa shape index (κ2) is 8.72. The molecule has 8 nitrogen and oxygen atoms in total. The van der Waals surface area contributed by atoms with Crippen molar-refractivity contribution in [3.8, 4) is 0 Å². The summed E-state index contributed by atoms with van der Waals surface area (Å²) in [5.74, 6) is -1.34. The number of aromatic nitrogens is 1. The quantitative estimate of drug-likeness (QED) is 0.320. The van der Waals surface area contributed by atoms with Crippen LogP contribution < -0.4 is 5.73 Å². The van der Waals surface area contributed by atoms with E-state index in [1.165, 1.54) is 25.6 Å². The second-order valence-electron chi connectivity index (χ2n) is 6.82. The molecule has 1 aromatic rings. The monoisotopic (exact) mass is 403 g/mol. The number of carbonyl (C=O) groups excluding carboxylic acids is 2. The molecule has 0 aliphatic carbocycles. The van der Waals surface area contributed by atoms with E-state index < -0.39 is 23.1 Å². The van der Waals surface area contributed by atoms with Gasteiger partial charge in [0.15, 0.2) is 5.13 Å². The fraction of sp³-hybridized carbons (Fsp3) is 0.625. The highest BCUT2D eigenvalue weighted by Gasteiger charge is 2.36. The number of thioether (sulfide) groups is 1. The Balaban J connectivity index is 3.06. The van der Waals surface area contributed by atoms with Crippen LogP contribution in [-0.4, -0.2) is 45.5 Å². The van der Waals surface area contributed by atoms with E-state index in [4.69, 9.17) is 20.0 Å². The van der Waals surface area contributed by atoms with Gasteiger partial charge in [0.1, 0.15) is 16.7 Å². The van der Waals surface area contributed by atoms with Gasteiger partial charge in [-0.15, -0.1) is 23.1 Å². The summed E-state index contributed by atoms with van der Waals surface area (Å²) in [6, 6.07) is 0. The van der Waals surface area contributed by atoms with E-state index in [0.29, 0.717) is 0 Å². The maximum absolute atomic E-state index is 12.4. The van der Waals surface area contributed by atoms with Crippen molar-refractivity contribution in [1.29, 1.82) is 0 Å². The van der Waals surface area contributed by atoms with E-state index in [9.17, 15) is 9.59 Å². The zero-order chi connectivity index (χ0) is 20.1. The van der Waals surface area contributed by atoms with Crippen LogP contribution in [0.5, 0.6) is 0 Å². The normalized spacial score (nSPS) is 13.9. The molecule has 0 spiro atoms. The largest absolute Gasteiger partial charge is 0.457 e. The molecule has 26 heavy (non-hydrogen) atoms. The summed E-state index contributed by atoms with van der Waals surface area (Å²) >= 11 is 2.50.